The number of primary amides is 1. The zero-order chi connectivity index (χ0) is 14.0. The molecule has 9 heteroatoms. The van der Waals surface area contributed by atoms with Gasteiger partial charge in [-0.1, -0.05) is 0 Å². The van der Waals surface area contributed by atoms with E-state index in [0.717, 1.165) is 10.6 Å². The minimum absolute atomic E-state index is 0.0590. The van der Waals surface area contributed by atoms with Crippen LogP contribution in [0, 0.1) is 0 Å². The zero-order valence-corrected chi connectivity index (χ0v) is 9.80. The average molecular weight is 273 g/mol. The van der Waals surface area contributed by atoms with E-state index >= 15 is 0 Å². The number of nitrogens with two attached hydrogens (primary N) is 1. The van der Waals surface area contributed by atoms with Crippen molar-refractivity contribution in [1.29, 1.82) is 0 Å². The Hall–Kier alpha value is -2.16. The lowest BCUT2D eigenvalue weighted by molar-refractivity contribution is -0.177. The molecule has 0 spiro atoms. The maximum absolute atomic E-state index is 14.1. The van der Waals surface area contributed by atoms with E-state index in [1.54, 1.807) is 0 Å². The number of carbonyl (C=O) groups excluding carboxylic acids is 1. The highest BCUT2D eigenvalue weighted by Gasteiger charge is 2.42. The number of alkyl halides is 1. The third-order valence-electron chi connectivity index (χ3n) is 2.70. The van der Waals surface area contributed by atoms with E-state index in [1.165, 1.54) is 6.20 Å². The second-order valence-corrected chi connectivity index (χ2v) is 4.12. The first-order valence-corrected chi connectivity index (χ1v) is 5.50. The molecule has 1 aromatic heterocycles. The number of ether oxygens (including phenoxy) is 2. The van der Waals surface area contributed by atoms with Gasteiger partial charge in [0.15, 0.2) is 6.61 Å². The maximum atomic E-state index is 14.1. The molecule has 1 aliphatic rings. The first-order valence-electron chi connectivity index (χ1n) is 5.50. The lowest BCUT2D eigenvalue weighted by atomic mass is 10.2. The molecule has 0 bridgehead atoms. The topological polar surface area (TPSA) is 116 Å². The number of aromatic amines is 1. The van der Waals surface area contributed by atoms with Crippen LogP contribution in [0.4, 0.5) is 9.18 Å². The van der Waals surface area contributed by atoms with Crippen molar-refractivity contribution in [2.75, 3.05) is 6.61 Å². The fourth-order valence-corrected chi connectivity index (χ4v) is 1.84. The fourth-order valence-electron chi connectivity index (χ4n) is 1.84. The summed E-state index contributed by atoms with van der Waals surface area (Å²) in [6, 6.07) is 1.13. The van der Waals surface area contributed by atoms with Crippen molar-refractivity contribution in [3.63, 3.8) is 0 Å². The van der Waals surface area contributed by atoms with Gasteiger partial charge in [0.2, 0.25) is 5.85 Å². The predicted octanol–water partition coefficient (Wildman–Crippen LogP) is -0.393. The van der Waals surface area contributed by atoms with Gasteiger partial charge in [-0.2, -0.15) is 0 Å². The Morgan fingerprint density at radius 3 is 3.05 bits per heavy atom. The minimum atomic E-state index is -2.19. The number of amides is 1. The largest absolute Gasteiger partial charge is 0.444 e. The van der Waals surface area contributed by atoms with Crippen molar-refractivity contribution in [3.05, 3.63) is 33.1 Å². The summed E-state index contributed by atoms with van der Waals surface area (Å²) >= 11 is 0. The molecule has 0 unspecified atom stereocenters. The number of hydrogen-bond donors (Lipinski definition) is 2. The summed E-state index contributed by atoms with van der Waals surface area (Å²) in [5.74, 6) is -2.19. The number of hydrogen-bond acceptors (Lipinski definition) is 5. The number of rotatable bonds is 3. The Kier molecular flexibility index (Phi) is 3.38. The molecule has 8 nitrogen and oxygen atoms in total. The number of halogens is 1. The minimum Gasteiger partial charge on any atom is -0.444 e. The maximum Gasteiger partial charge on any atom is 0.404 e. The van der Waals surface area contributed by atoms with E-state index in [1.807, 2.05) is 4.98 Å². The van der Waals surface area contributed by atoms with Gasteiger partial charge in [-0.25, -0.2) is 14.0 Å². The third-order valence-corrected chi connectivity index (χ3v) is 2.70. The molecule has 19 heavy (non-hydrogen) atoms. The van der Waals surface area contributed by atoms with Gasteiger partial charge in [0, 0.05) is 18.7 Å². The average Bonchev–Trinajstić information content (AvgIpc) is 2.70. The highest BCUT2D eigenvalue weighted by atomic mass is 19.2. The number of nitrogens with zero attached hydrogens (tertiary/aromatic N) is 1. The highest BCUT2D eigenvalue weighted by molar-refractivity contribution is 5.64. The van der Waals surface area contributed by atoms with Crippen molar-refractivity contribution in [2.24, 2.45) is 5.73 Å². The van der Waals surface area contributed by atoms with Crippen LogP contribution in [0.1, 0.15) is 19.1 Å². The summed E-state index contributed by atoms with van der Waals surface area (Å²) in [5, 5.41) is 0. The van der Waals surface area contributed by atoms with E-state index in [4.69, 9.17) is 10.5 Å². The molecule has 1 amide bonds. The van der Waals surface area contributed by atoms with Gasteiger partial charge < -0.3 is 15.2 Å². The molecule has 0 radical (unpaired) electrons. The molecular weight excluding hydrogens is 261 g/mol. The number of aromatic nitrogens is 2. The standard InChI is InChI=1S/C10H12FN3O5/c11-10(5-18-8(12)16)3-1-7(19-10)14-4-2-6(15)13-9(14)17/h2,4,7H,1,3,5H2,(H2,12,16)(H,13,15,17)/t7-,10+/m1/s1. The van der Waals surface area contributed by atoms with Crippen LogP contribution in [0.2, 0.25) is 0 Å². The van der Waals surface area contributed by atoms with Crippen LogP contribution in [-0.2, 0) is 9.47 Å². The van der Waals surface area contributed by atoms with Crippen LogP contribution >= 0.6 is 0 Å². The van der Waals surface area contributed by atoms with Crippen LogP contribution in [0.3, 0.4) is 0 Å². The van der Waals surface area contributed by atoms with Crippen LogP contribution in [0.25, 0.3) is 0 Å². The van der Waals surface area contributed by atoms with Crippen molar-refractivity contribution >= 4 is 6.09 Å². The monoisotopic (exact) mass is 273 g/mol. The predicted molar refractivity (Wildman–Crippen MR) is 60.1 cm³/mol. The van der Waals surface area contributed by atoms with Crippen LogP contribution in [0.5, 0.6) is 0 Å². The summed E-state index contributed by atoms with van der Waals surface area (Å²) in [6.45, 7) is -0.642. The van der Waals surface area contributed by atoms with Crippen molar-refractivity contribution < 1.29 is 18.7 Å². The highest BCUT2D eigenvalue weighted by Crippen LogP contribution is 2.36. The Morgan fingerprint density at radius 1 is 1.68 bits per heavy atom. The first-order chi connectivity index (χ1) is 8.89. The smallest absolute Gasteiger partial charge is 0.404 e. The summed E-state index contributed by atoms with van der Waals surface area (Å²) in [5.41, 5.74) is 3.49. The molecule has 1 saturated heterocycles. The molecule has 1 aromatic rings. The molecule has 0 saturated carbocycles. The summed E-state index contributed by atoms with van der Waals surface area (Å²) in [4.78, 5) is 34.9. The first kappa shape index (κ1) is 13.3. The van der Waals surface area contributed by atoms with Gasteiger partial charge >= 0.3 is 11.8 Å². The van der Waals surface area contributed by atoms with Gasteiger partial charge in [0.05, 0.1) is 0 Å². The molecule has 2 heterocycles. The second kappa shape index (κ2) is 4.84. The molecule has 0 aliphatic carbocycles. The molecular formula is C10H12FN3O5. The van der Waals surface area contributed by atoms with E-state index < -0.39 is 36.0 Å². The number of H-pyrrole nitrogens is 1. The van der Waals surface area contributed by atoms with E-state index in [0.29, 0.717) is 0 Å². The SMILES string of the molecule is NC(=O)OC[C@]1(F)CC[C@H](n2ccc(=O)[nH]c2=O)O1. The lowest BCUT2D eigenvalue weighted by Gasteiger charge is -2.20. The van der Waals surface area contributed by atoms with Gasteiger partial charge in [-0.15, -0.1) is 0 Å². The third kappa shape index (κ3) is 2.99. The normalized spacial score (nSPS) is 26.3. The van der Waals surface area contributed by atoms with Gasteiger partial charge in [-0.05, 0) is 6.42 Å². The summed E-state index contributed by atoms with van der Waals surface area (Å²) in [6.07, 6.45) is -0.621. The zero-order valence-electron chi connectivity index (χ0n) is 9.80. The lowest BCUT2D eigenvalue weighted by Crippen LogP contribution is -2.35. The Balaban J connectivity index is 2.11. The molecule has 1 aliphatic heterocycles. The quantitative estimate of drug-likeness (QED) is 0.777. The van der Waals surface area contributed by atoms with Crippen molar-refractivity contribution in [2.45, 2.75) is 24.9 Å². The second-order valence-electron chi connectivity index (χ2n) is 4.12. The summed E-state index contributed by atoms with van der Waals surface area (Å²) < 4.78 is 24.5. The molecule has 2 rings (SSSR count). The molecule has 1 fully saturated rings. The fraction of sp³-hybridized carbons (Fsp3) is 0.500. The van der Waals surface area contributed by atoms with Crippen LogP contribution in [-0.4, -0.2) is 28.1 Å². The Morgan fingerprint density at radius 2 is 2.42 bits per heavy atom. The van der Waals surface area contributed by atoms with Crippen LogP contribution < -0.4 is 17.0 Å². The number of carbonyl (C=O) groups is 1. The van der Waals surface area contributed by atoms with Crippen molar-refractivity contribution in [3.8, 4) is 0 Å². The van der Waals surface area contributed by atoms with Crippen LogP contribution in [0.15, 0.2) is 21.9 Å². The van der Waals surface area contributed by atoms with Gasteiger partial charge in [0.25, 0.3) is 5.56 Å². The van der Waals surface area contributed by atoms with Gasteiger partial charge in [-0.3, -0.25) is 14.3 Å². The molecule has 3 N–H and O–H groups in total. The Labute approximate surface area is 105 Å². The molecule has 104 valence electrons. The number of nitrogens with one attached hydrogen (secondary N) is 1. The van der Waals surface area contributed by atoms with E-state index in [2.05, 4.69) is 4.74 Å². The van der Waals surface area contributed by atoms with E-state index in [-0.39, 0.29) is 12.8 Å². The Bertz CT molecular complexity index is 597. The van der Waals surface area contributed by atoms with Gasteiger partial charge in [0.1, 0.15) is 6.23 Å². The molecule has 2 atom stereocenters. The summed E-state index contributed by atoms with van der Waals surface area (Å²) in [7, 11) is 0. The molecule has 0 aromatic carbocycles. The van der Waals surface area contributed by atoms with E-state index in [9.17, 15) is 18.8 Å². The van der Waals surface area contributed by atoms with Crippen molar-refractivity contribution in [1.82, 2.24) is 9.55 Å².